The van der Waals surface area contributed by atoms with Crippen molar-refractivity contribution in [1.29, 1.82) is 0 Å². The van der Waals surface area contributed by atoms with E-state index in [-0.39, 0.29) is 5.56 Å². The Labute approximate surface area is 118 Å². The van der Waals surface area contributed by atoms with Crippen molar-refractivity contribution in [3.63, 3.8) is 0 Å². The van der Waals surface area contributed by atoms with Crippen LogP contribution in [0.5, 0.6) is 5.75 Å². The number of hydrogen-bond acceptors (Lipinski definition) is 1. The van der Waals surface area contributed by atoms with Crippen LogP contribution in [0.15, 0.2) is 24.3 Å². The lowest BCUT2D eigenvalue weighted by Gasteiger charge is -2.10. The molecule has 0 aromatic heterocycles. The van der Waals surface area contributed by atoms with Gasteiger partial charge in [0, 0.05) is 5.56 Å². The maximum atomic E-state index is 12.8. The molecule has 1 nitrogen and oxygen atoms in total. The minimum absolute atomic E-state index is 0.207. The second-order valence-corrected chi connectivity index (χ2v) is 5.11. The average Bonchev–Trinajstić information content (AvgIpc) is 2.37. The molecule has 0 aliphatic carbocycles. The van der Waals surface area contributed by atoms with Crippen molar-refractivity contribution in [2.24, 2.45) is 0 Å². The Morgan fingerprint density at radius 1 is 1.00 bits per heavy atom. The summed E-state index contributed by atoms with van der Waals surface area (Å²) < 4.78 is 31.0. The summed E-state index contributed by atoms with van der Waals surface area (Å²) in [6, 6.07) is 5.65. The molecule has 19 heavy (non-hydrogen) atoms. The van der Waals surface area contributed by atoms with Gasteiger partial charge in [-0.3, -0.25) is 0 Å². The predicted octanol–water partition coefficient (Wildman–Crippen LogP) is 5.71. The lowest BCUT2D eigenvalue weighted by atomic mass is 10.1. The number of benzene rings is 1. The van der Waals surface area contributed by atoms with E-state index in [1.54, 1.807) is 0 Å². The van der Waals surface area contributed by atoms with E-state index in [2.05, 4.69) is 6.92 Å². The summed E-state index contributed by atoms with van der Waals surface area (Å²) in [4.78, 5) is 0. The summed E-state index contributed by atoms with van der Waals surface area (Å²) in [5, 5.41) is -3.31. The molecule has 1 aromatic rings. The third kappa shape index (κ3) is 6.76. The van der Waals surface area contributed by atoms with Crippen molar-refractivity contribution in [1.82, 2.24) is 0 Å². The van der Waals surface area contributed by atoms with Crippen molar-refractivity contribution in [2.45, 2.75) is 50.8 Å². The van der Waals surface area contributed by atoms with Gasteiger partial charge in [0.05, 0.1) is 6.61 Å². The van der Waals surface area contributed by atoms with Crippen LogP contribution in [-0.2, 0) is 5.38 Å². The highest BCUT2D eigenvalue weighted by Crippen LogP contribution is 2.32. The van der Waals surface area contributed by atoms with Gasteiger partial charge in [-0.1, -0.05) is 39.0 Å². The second-order valence-electron chi connectivity index (χ2n) is 4.64. The summed E-state index contributed by atoms with van der Waals surface area (Å²) in [5.41, 5.74) is -0.207. The van der Waals surface area contributed by atoms with Gasteiger partial charge in [-0.05, 0) is 42.3 Å². The van der Waals surface area contributed by atoms with Gasteiger partial charge in [-0.15, -0.1) is 0 Å². The van der Waals surface area contributed by atoms with Crippen molar-refractivity contribution >= 4 is 11.6 Å². The third-order valence-electron chi connectivity index (χ3n) is 2.95. The van der Waals surface area contributed by atoms with Crippen LogP contribution >= 0.6 is 11.6 Å². The number of halogens is 3. The van der Waals surface area contributed by atoms with Gasteiger partial charge in [0.1, 0.15) is 5.75 Å². The van der Waals surface area contributed by atoms with E-state index in [1.165, 1.54) is 49.9 Å². The molecule has 0 spiro atoms. The van der Waals surface area contributed by atoms with Crippen LogP contribution in [-0.4, -0.2) is 6.61 Å². The van der Waals surface area contributed by atoms with E-state index in [9.17, 15) is 8.78 Å². The molecule has 0 bridgehead atoms. The molecular formula is C15H21ClF2O. The highest BCUT2D eigenvalue weighted by Gasteiger charge is 2.27. The van der Waals surface area contributed by atoms with Crippen LogP contribution in [0.25, 0.3) is 0 Å². The predicted molar refractivity (Wildman–Crippen MR) is 75.1 cm³/mol. The molecule has 0 atom stereocenters. The minimum atomic E-state index is -3.31. The Morgan fingerprint density at radius 3 is 2.16 bits per heavy atom. The molecule has 0 aliphatic rings. The molecule has 0 heterocycles. The first-order valence-corrected chi connectivity index (χ1v) is 7.22. The van der Waals surface area contributed by atoms with Crippen LogP contribution in [0.3, 0.4) is 0 Å². The lowest BCUT2D eigenvalue weighted by Crippen LogP contribution is -2.03. The van der Waals surface area contributed by atoms with E-state index < -0.39 is 5.38 Å². The molecular weight excluding hydrogens is 270 g/mol. The highest BCUT2D eigenvalue weighted by atomic mass is 35.5. The molecule has 1 rings (SSSR count). The Kier molecular flexibility index (Phi) is 7.14. The van der Waals surface area contributed by atoms with E-state index in [1.807, 2.05) is 0 Å². The Hall–Kier alpha value is -0.830. The number of alkyl halides is 3. The summed E-state index contributed by atoms with van der Waals surface area (Å²) in [6.07, 6.45) is 7.18. The first-order valence-electron chi connectivity index (χ1n) is 6.84. The summed E-state index contributed by atoms with van der Waals surface area (Å²) in [7, 11) is 0. The SMILES string of the molecule is CCCCCCCCOc1ccc(C(F)(F)Cl)cc1. The average molecular weight is 291 g/mol. The zero-order valence-electron chi connectivity index (χ0n) is 11.3. The quantitative estimate of drug-likeness (QED) is 0.418. The maximum absolute atomic E-state index is 12.8. The highest BCUT2D eigenvalue weighted by molar-refractivity contribution is 6.21. The fourth-order valence-electron chi connectivity index (χ4n) is 1.81. The fraction of sp³-hybridized carbons (Fsp3) is 0.600. The lowest BCUT2D eigenvalue weighted by molar-refractivity contribution is 0.0950. The standard InChI is InChI=1S/C15H21ClF2O/c1-2-3-4-5-6-7-12-19-14-10-8-13(9-11-14)15(16,17)18/h8-11H,2-7,12H2,1H3. The van der Waals surface area contributed by atoms with E-state index >= 15 is 0 Å². The first-order chi connectivity index (χ1) is 9.04. The van der Waals surface area contributed by atoms with Crippen LogP contribution in [0.2, 0.25) is 0 Å². The topological polar surface area (TPSA) is 9.23 Å². The molecule has 0 unspecified atom stereocenters. The van der Waals surface area contributed by atoms with Gasteiger partial charge in [-0.25, -0.2) is 0 Å². The summed E-state index contributed by atoms with van der Waals surface area (Å²) in [6.45, 7) is 2.82. The van der Waals surface area contributed by atoms with Crippen LogP contribution in [0.1, 0.15) is 51.0 Å². The van der Waals surface area contributed by atoms with E-state index in [0.29, 0.717) is 12.4 Å². The molecule has 4 heteroatoms. The number of unbranched alkanes of at least 4 members (excludes halogenated alkanes) is 5. The molecule has 0 aliphatic heterocycles. The van der Waals surface area contributed by atoms with Gasteiger partial charge in [0.2, 0.25) is 0 Å². The van der Waals surface area contributed by atoms with Gasteiger partial charge in [0.25, 0.3) is 0 Å². The number of rotatable bonds is 9. The Morgan fingerprint density at radius 2 is 1.58 bits per heavy atom. The molecule has 0 amide bonds. The number of hydrogen-bond donors (Lipinski definition) is 0. The maximum Gasteiger partial charge on any atom is 0.348 e. The van der Waals surface area contributed by atoms with Crippen LogP contribution in [0, 0.1) is 0 Å². The van der Waals surface area contributed by atoms with E-state index in [0.717, 1.165) is 12.8 Å². The van der Waals surface area contributed by atoms with E-state index in [4.69, 9.17) is 16.3 Å². The molecule has 108 valence electrons. The van der Waals surface area contributed by atoms with Gasteiger partial charge in [0.15, 0.2) is 0 Å². The molecule has 0 N–H and O–H groups in total. The first kappa shape index (κ1) is 16.2. The van der Waals surface area contributed by atoms with Crippen LogP contribution < -0.4 is 4.74 Å². The molecule has 1 aromatic carbocycles. The zero-order valence-corrected chi connectivity index (χ0v) is 12.1. The zero-order chi connectivity index (χ0) is 14.1. The summed E-state index contributed by atoms with van der Waals surface area (Å²) in [5.74, 6) is 0.609. The van der Waals surface area contributed by atoms with Crippen molar-refractivity contribution in [3.05, 3.63) is 29.8 Å². The number of ether oxygens (including phenoxy) is 1. The van der Waals surface area contributed by atoms with Gasteiger partial charge >= 0.3 is 5.38 Å². The fourth-order valence-corrected chi connectivity index (χ4v) is 1.94. The van der Waals surface area contributed by atoms with Gasteiger partial charge in [-0.2, -0.15) is 8.78 Å². The summed E-state index contributed by atoms with van der Waals surface area (Å²) >= 11 is 4.92. The molecule has 0 saturated carbocycles. The Balaban J connectivity index is 2.20. The van der Waals surface area contributed by atoms with Crippen molar-refractivity contribution in [2.75, 3.05) is 6.61 Å². The normalized spacial score (nSPS) is 11.6. The largest absolute Gasteiger partial charge is 0.494 e. The van der Waals surface area contributed by atoms with Crippen molar-refractivity contribution in [3.8, 4) is 5.75 Å². The molecule has 0 fully saturated rings. The monoisotopic (exact) mass is 290 g/mol. The molecule has 0 radical (unpaired) electrons. The smallest absolute Gasteiger partial charge is 0.348 e. The second kappa shape index (κ2) is 8.36. The minimum Gasteiger partial charge on any atom is -0.494 e. The van der Waals surface area contributed by atoms with Gasteiger partial charge < -0.3 is 4.74 Å². The van der Waals surface area contributed by atoms with Crippen molar-refractivity contribution < 1.29 is 13.5 Å². The third-order valence-corrected chi connectivity index (χ3v) is 3.17. The van der Waals surface area contributed by atoms with Crippen LogP contribution in [0.4, 0.5) is 8.78 Å². The Bertz CT molecular complexity index is 346. The molecule has 0 saturated heterocycles.